The predicted octanol–water partition coefficient (Wildman–Crippen LogP) is 5.00. The maximum atomic E-state index is 6.22. The number of fused-ring (bicyclic) bond motifs is 2. The maximum absolute atomic E-state index is 6.22. The molecule has 4 heteroatoms. The van der Waals surface area contributed by atoms with E-state index in [1.165, 1.54) is 0 Å². The van der Waals surface area contributed by atoms with Gasteiger partial charge in [0.05, 0.1) is 17.3 Å². The van der Waals surface area contributed by atoms with Crippen LogP contribution in [0.5, 0.6) is 0 Å². The zero-order valence-corrected chi connectivity index (χ0v) is 12.1. The van der Waals surface area contributed by atoms with Crippen LogP contribution in [-0.2, 0) is 0 Å². The van der Waals surface area contributed by atoms with Crippen LogP contribution in [0.3, 0.4) is 0 Å². The molecule has 2 aromatic heterocycles. The molecular weight excluding hydrogens is 284 g/mol. The van der Waals surface area contributed by atoms with E-state index in [9.17, 15) is 0 Å². The second-order valence-corrected chi connectivity index (χ2v) is 5.44. The van der Waals surface area contributed by atoms with Crippen molar-refractivity contribution in [1.29, 1.82) is 0 Å². The van der Waals surface area contributed by atoms with Gasteiger partial charge in [-0.05, 0) is 42.3 Å². The van der Waals surface area contributed by atoms with Crippen LogP contribution in [0, 0.1) is 6.92 Å². The second kappa shape index (κ2) is 4.57. The molecule has 2 heterocycles. The summed E-state index contributed by atoms with van der Waals surface area (Å²) in [5.41, 5.74) is 5.68. The molecule has 0 bridgehead atoms. The molecule has 0 fully saturated rings. The summed E-state index contributed by atoms with van der Waals surface area (Å²) in [4.78, 5) is 8.78. The highest BCUT2D eigenvalue weighted by atomic mass is 35.5. The Bertz CT molecular complexity index is 975. The first kappa shape index (κ1) is 12.4. The first-order chi connectivity index (χ1) is 10.2. The average Bonchev–Trinajstić information content (AvgIpc) is 2.87. The highest BCUT2D eigenvalue weighted by molar-refractivity contribution is 6.31. The molecule has 0 unspecified atom stereocenters. The number of hydrogen-bond donors (Lipinski definition) is 0. The minimum absolute atomic E-state index is 0.655. The van der Waals surface area contributed by atoms with Crippen LogP contribution in [0.1, 0.15) is 5.56 Å². The maximum Gasteiger partial charge on any atom is 0.134 e. The third-order valence-electron chi connectivity index (χ3n) is 3.62. The molecular formula is C17H11ClN2O. The van der Waals surface area contributed by atoms with E-state index in [-0.39, 0.29) is 0 Å². The number of halogens is 1. The van der Waals surface area contributed by atoms with Crippen molar-refractivity contribution in [3.8, 4) is 11.1 Å². The first-order valence-electron chi connectivity index (χ1n) is 6.61. The summed E-state index contributed by atoms with van der Waals surface area (Å²) in [6, 6.07) is 9.85. The Hall–Kier alpha value is -2.39. The van der Waals surface area contributed by atoms with Gasteiger partial charge in [0.2, 0.25) is 0 Å². The number of aryl methyl sites for hydroxylation is 1. The Morgan fingerprint density at radius 3 is 2.81 bits per heavy atom. The van der Waals surface area contributed by atoms with Crippen molar-refractivity contribution in [1.82, 2.24) is 9.97 Å². The van der Waals surface area contributed by atoms with E-state index < -0.39 is 0 Å². The molecule has 0 amide bonds. The lowest BCUT2D eigenvalue weighted by molar-refractivity contribution is 0.613. The monoisotopic (exact) mass is 294 g/mol. The standard InChI is InChI=1S/C17H11ClN2O/c1-10-9-21-16-3-2-11(6-13(10)16)14-7-12(18)8-15-17(14)20-5-4-19-15/h2-9H,1H3. The molecule has 0 aliphatic carbocycles. The molecule has 0 N–H and O–H groups in total. The Labute approximate surface area is 126 Å². The SMILES string of the molecule is Cc1coc2ccc(-c3cc(Cl)cc4nccnc34)cc12. The number of rotatable bonds is 1. The van der Waals surface area contributed by atoms with Gasteiger partial charge in [-0.25, -0.2) is 0 Å². The molecule has 4 aromatic rings. The van der Waals surface area contributed by atoms with E-state index in [2.05, 4.69) is 16.0 Å². The van der Waals surface area contributed by atoms with Crippen LogP contribution in [0.4, 0.5) is 0 Å². The van der Waals surface area contributed by atoms with Crippen LogP contribution in [0.25, 0.3) is 33.1 Å². The molecule has 0 radical (unpaired) electrons. The molecule has 0 aliphatic rings. The number of furan rings is 1. The average molecular weight is 295 g/mol. The minimum atomic E-state index is 0.655. The van der Waals surface area contributed by atoms with Crippen LogP contribution >= 0.6 is 11.6 Å². The van der Waals surface area contributed by atoms with E-state index in [1.54, 1.807) is 18.7 Å². The number of benzene rings is 2. The molecule has 0 saturated heterocycles. The zero-order chi connectivity index (χ0) is 14.4. The topological polar surface area (TPSA) is 38.9 Å². The zero-order valence-electron chi connectivity index (χ0n) is 11.3. The highest BCUT2D eigenvalue weighted by Crippen LogP contribution is 2.32. The van der Waals surface area contributed by atoms with Gasteiger partial charge < -0.3 is 4.42 Å². The lowest BCUT2D eigenvalue weighted by atomic mass is 10.0. The van der Waals surface area contributed by atoms with E-state index >= 15 is 0 Å². The summed E-state index contributed by atoms with van der Waals surface area (Å²) in [5, 5.41) is 1.76. The summed E-state index contributed by atoms with van der Waals surface area (Å²) in [7, 11) is 0. The Morgan fingerprint density at radius 1 is 1.05 bits per heavy atom. The van der Waals surface area contributed by atoms with E-state index in [1.807, 2.05) is 31.2 Å². The summed E-state index contributed by atoms with van der Waals surface area (Å²) in [6.07, 6.45) is 5.14. The van der Waals surface area contributed by atoms with Crippen LogP contribution in [0.2, 0.25) is 5.02 Å². The quantitative estimate of drug-likeness (QED) is 0.495. The van der Waals surface area contributed by atoms with Crippen molar-refractivity contribution >= 4 is 33.6 Å². The van der Waals surface area contributed by atoms with Crippen LogP contribution < -0.4 is 0 Å². The van der Waals surface area contributed by atoms with Gasteiger partial charge in [0, 0.05) is 28.4 Å². The minimum Gasteiger partial charge on any atom is -0.464 e. The number of aromatic nitrogens is 2. The molecule has 21 heavy (non-hydrogen) atoms. The van der Waals surface area contributed by atoms with E-state index in [4.69, 9.17) is 16.0 Å². The highest BCUT2D eigenvalue weighted by Gasteiger charge is 2.10. The Balaban J connectivity index is 2.05. The van der Waals surface area contributed by atoms with Gasteiger partial charge in [0.25, 0.3) is 0 Å². The van der Waals surface area contributed by atoms with Gasteiger partial charge in [0.15, 0.2) is 0 Å². The third-order valence-corrected chi connectivity index (χ3v) is 3.83. The summed E-state index contributed by atoms with van der Waals surface area (Å²) in [5.74, 6) is 0. The smallest absolute Gasteiger partial charge is 0.134 e. The second-order valence-electron chi connectivity index (χ2n) is 5.01. The van der Waals surface area contributed by atoms with Crippen LogP contribution in [-0.4, -0.2) is 9.97 Å². The van der Waals surface area contributed by atoms with Gasteiger partial charge in [0.1, 0.15) is 5.58 Å². The van der Waals surface area contributed by atoms with Crippen molar-refractivity contribution in [2.24, 2.45) is 0 Å². The van der Waals surface area contributed by atoms with Crippen molar-refractivity contribution in [3.63, 3.8) is 0 Å². The molecule has 0 spiro atoms. The largest absolute Gasteiger partial charge is 0.464 e. The molecule has 102 valence electrons. The first-order valence-corrected chi connectivity index (χ1v) is 6.99. The summed E-state index contributed by atoms with van der Waals surface area (Å²) < 4.78 is 5.50. The molecule has 3 nitrogen and oxygen atoms in total. The Morgan fingerprint density at radius 2 is 1.90 bits per heavy atom. The normalized spacial score (nSPS) is 11.3. The molecule has 4 rings (SSSR count). The molecule has 2 aromatic carbocycles. The van der Waals surface area contributed by atoms with Crippen molar-refractivity contribution < 1.29 is 4.42 Å². The number of hydrogen-bond acceptors (Lipinski definition) is 3. The van der Waals surface area contributed by atoms with Gasteiger partial charge in [-0.15, -0.1) is 0 Å². The van der Waals surface area contributed by atoms with Crippen molar-refractivity contribution in [2.75, 3.05) is 0 Å². The van der Waals surface area contributed by atoms with Crippen LogP contribution in [0.15, 0.2) is 53.4 Å². The van der Waals surface area contributed by atoms with Gasteiger partial charge in [-0.3, -0.25) is 9.97 Å². The third kappa shape index (κ3) is 1.98. The fraction of sp³-hybridized carbons (Fsp3) is 0.0588. The molecule has 0 aliphatic heterocycles. The molecule has 0 saturated carbocycles. The lowest BCUT2D eigenvalue weighted by Crippen LogP contribution is -1.87. The van der Waals surface area contributed by atoms with Crippen molar-refractivity contribution in [2.45, 2.75) is 6.92 Å². The number of nitrogens with zero attached hydrogens (tertiary/aromatic N) is 2. The lowest BCUT2D eigenvalue weighted by Gasteiger charge is -2.07. The predicted molar refractivity (Wildman–Crippen MR) is 84.5 cm³/mol. The fourth-order valence-electron chi connectivity index (χ4n) is 2.58. The molecule has 0 atom stereocenters. The van der Waals surface area contributed by atoms with E-state index in [0.717, 1.165) is 38.7 Å². The van der Waals surface area contributed by atoms with Gasteiger partial charge in [-0.2, -0.15) is 0 Å². The van der Waals surface area contributed by atoms with Gasteiger partial charge in [-0.1, -0.05) is 17.7 Å². The summed E-state index contributed by atoms with van der Waals surface area (Å²) >= 11 is 6.22. The van der Waals surface area contributed by atoms with E-state index in [0.29, 0.717) is 5.02 Å². The Kier molecular flexibility index (Phi) is 2.69. The van der Waals surface area contributed by atoms with Crippen molar-refractivity contribution in [3.05, 3.63) is 59.6 Å². The van der Waals surface area contributed by atoms with Gasteiger partial charge >= 0.3 is 0 Å². The fourth-order valence-corrected chi connectivity index (χ4v) is 2.80. The summed E-state index contributed by atoms with van der Waals surface area (Å²) in [6.45, 7) is 2.03.